The van der Waals surface area contributed by atoms with Crippen LogP contribution in [0.3, 0.4) is 0 Å². The summed E-state index contributed by atoms with van der Waals surface area (Å²) >= 11 is 5.82. The number of quaternary nitrogens is 1. The van der Waals surface area contributed by atoms with E-state index in [2.05, 4.69) is 9.97 Å². The molecular formula is C19H21ClN3O3S+. The highest BCUT2D eigenvalue weighted by molar-refractivity contribution is 7.91. The molecule has 0 bridgehead atoms. The zero-order chi connectivity index (χ0) is 19.4. The lowest BCUT2D eigenvalue weighted by atomic mass is 10.2. The smallest absolute Gasteiger partial charge is 0.258 e. The average Bonchev–Trinajstić information content (AvgIpc) is 2.65. The van der Waals surface area contributed by atoms with Gasteiger partial charge in [-0.2, -0.15) is 0 Å². The van der Waals surface area contributed by atoms with E-state index in [1.165, 1.54) is 12.1 Å². The number of sulfone groups is 1. The van der Waals surface area contributed by atoms with E-state index in [4.69, 9.17) is 11.6 Å². The molecule has 0 aliphatic heterocycles. The second-order valence-corrected chi connectivity index (χ2v) is 8.88. The SMILES string of the molecule is CC[NH+](CCS(=O)(=O)c1ccc(Cl)cc1)Cc1nc2ccccc2c(=O)[nH]1. The van der Waals surface area contributed by atoms with Crippen molar-refractivity contribution in [3.8, 4) is 0 Å². The maximum Gasteiger partial charge on any atom is 0.258 e. The van der Waals surface area contributed by atoms with Gasteiger partial charge in [-0.3, -0.25) is 4.79 Å². The molecule has 1 unspecified atom stereocenters. The number of H-pyrrole nitrogens is 1. The topological polar surface area (TPSA) is 84.3 Å². The monoisotopic (exact) mass is 406 g/mol. The number of halogens is 1. The molecule has 0 aliphatic rings. The van der Waals surface area contributed by atoms with Crippen LogP contribution in [0.15, 0.2) is 58.2 Å². The molecule has 142 valence electrons. The molecule has 0 fully saturated rings. The largest absolute Gasteiger partial charge is 0.328 e. The summed E-state index contributed by atoms with van der Waals surface area (Å²) in [5.41, 5.74) is 0.459. The van der Waals surface area contributed by atoms with E-state index in [-0.39, 0.29) is 16.2 Å². The minimum atomic E-state index is -3.39. The van der Waals surface area contributed by atoms with E-state index in [1.807, 2.05) is 13.0 Å². The first-order chi connectivity index (χ1) is 12.9. The number of aromatic amines is 1. The zero-order valence-electron chi connectivity index (χ0n) is 14.9. The minimum absolute atomic E-state index is 0.00954. The van der Waals surface area contributed by atoms with Gasteiger partial charge in [0.1, 0.15) is 12.3 Å². The number of rotatable bonds is 7. The van der Waals surface area contributed by atoms with Gasteiger partial charge in [-0.15, -0.1) is 0 Å². The Morgan fingerprint density at radius 2 is 1.81 bits per heavy atom. The number of benzene rings is 2. The van der Waals surface area contributed by atoms with Gasteiger partial charge in [-0.05, 0) is 43.3 Å². The fourth-order valence-electron chi connectivity index (χ4n) is 2.88. The Labute approximate surface area is 162 Å². The summed E-state index contributed by atoms with van der Waals surface area (Å²) in [6.45, 7) is 3.56. The highest BCUT2D eigenvalue weighted by atomic mass is 35.5. The molecule has 0 spiro atoms. The van der Waals surface area contributed by atoms with Crippen LogP contribution in [-0.2, 0) is 16.4 Å². The van der Waals surface area contributed by atoms with Crippen LogP contribution in [0.5, 0.6) is 0 Å². The highest BCUT2D eigenvalue weighted by Crippen LogP contribution is 2.15. The van der Waals surface area contributed by atoms with Gasteiger partial charge in [0.05, 0.1) is 28.9 Å². The van der Waals surface area contributed by atoms with Crippen LogP contribution in [0.4, 0.5) is 0 Å². The standard InChI is InChI=1S/C19H20ClN3O3S/c1-2-23(11-12-27(25,26)15-9-7-14(20)8-10-15)13-18-21-17-6-4-3-5-16(17)19(24)22-18/h3-10H,2,11-13H2,1H3,(H,21,22,24)/p+1. The number of para-hydroxylation sites is 1. The molecule has 6 nitrogen and oxygen atoms in total. The molecule has 0 saturated carbocycles. The molecule has 8 heteroatoms. The Balaban J connectivity index is 1.72. The molecule has 3 aromatic rings. The molecule has 0 saturated heterocycles. The van der Waals surface area contributed by atoms with Crippen molar-refractivity contribution in [1.82, 2.24) is 9.97 Å². The van der Waals surface area contributed by atoms with E-state index in [1.54, 1.807) is 30.3 Å². The summed E-state index contributed by atoms with van der Waals surface area (Å²) in [6, 6.07) is 13.3. The van der Waals surface area contributed by atoms with Gasteiger partial charge in [-0.1, -0.05) is 23.7 Å². The summed E-state index contributed by atoms with van der Waals surface area (Å²) in [5, 5.41) is 1.05. The second-order valence-electron chi connectivity index (χ2n) is 6.33. The fraction of sp³-hybridized carbons (Fsp3) is 0.263. The molecule has 1 aromatic heterocycles. The quantitative estimate of drug-likeness (QED) is 0.622. The number of fused-ring (bicyclic) bond motifs is 1. The van der Waals surface area contributed by atoms with Crippen molar-refractivity contribution in [3.63, 3.8) is 0 Å². The molecule has 0 amide bonds. The average molecular weight is 407 g/mol. The highest BCUT2D eigenvalue weighted by Gasteiger charge is 2.19. The Hall–Kier alpha value is -2.22. The first-order valence-corrected chi connectivity index (χ1v) is 10.7. The lowest BCUT2D eigenvalue weighted by molar-refractivity contribution is -0.910. The molecule has 0 aliphatic carbocycles. The van der Waals surface area contributed by atoms with Crippen LogP contribution < -0.4 is 10.5 Å². The lowest BCUT2D eigenvalue weighted by Gasteiger charge is -2.17. The van der Waals surface area contributed by atoms with Crippen LogP contribution in [0.2, 0.25) is 5.02 Å². The summed E-state index contributed by atoms with van der Waals surface area (Å²) in [7, 11) is -3.39. The molecule has 0 radical (unpaired) electrons. The number of nitrogens with zero attached hydrogens (tertiary/aromatic N) is 1. The fourth-order valence-corrected chi connectivity index (χ4v) is 4.35. The molecule has 2 aromatic carbocycles. The number of hydrogen-bond donors (Lipinski definition) is 2. The summed E-state index contributed by atoms with van der Waals surface area (Å²) < 4.78 is 25.0. The molecule has 1 atom stereocenters. The van der Waals surface area contributed by atoms with Gasteiger partial charge in [0.2, 0.25) is 0 Å². The van der Waals surface area contributed by atoms with Crippen molar-refractivity contribution < 1.29 is 13.3 Å². The second kappa shape index (κ2) is 8.21. The zero-order valence-corrected chi connectivity index (χ0v) is 16.5. The van der Waals surface area contributed by atoms with Crippen LogP contribution in [0, 0.1) is 0 Å². The predicted molar refractivity (Wildman–Crippen MR) is 106 cm³/mol. The maximum atomic E-state index is 12.5. The summed E-state index contributed by atoms with van der Waals surface area (Å²) in [6.07, 6.45) is 0. The molecule has 2 N–H and O–H groups in total. The number of hydrogen-bond acceptors (Lipinski definition) is 4. The van der Waals surface area contributed by atoms with Gasteiger partial charge in [0.25, 0.3) is 5.56 Å². The van der Waals surface area contributed by atoms with Crippen LogP contribution in [-0.4, -0.2) is 37.2 Å². The summed E-state index contributed by atoms with van der Waals surface area (Å²) in [5.74, 6) is 0.565. The maximum absolute atomic E-state index is 12.5. The van der Waals surface area contributed by atoms with E-state index in [9.17, 15) is 13.2 Å². The van der Waals surface area contributed by atoms with Crippen molar-refractivity contribution in [2.45, 2.75) is 18.4 Å². The van der Waals surface area contributed by atoms with Gasteiger partial charge in [-0.25, -0.2) is 13.4 Å². The van der Waals surface area contributed by atoms with E-state index >= 15 is 0 Å². The van der Waals surface area contributed by atoms with Crippen molar-refractivity contribution in [1.29, 1.82) is 0 Å². The van der Waals surface area contributed by atoms with Crippen LogP contribution in [0.25, 0.3) is 10.9 Å². The Morgan fingerprint density at radius 1 is 1.11 bits per heavy atom. The number of nitrogens with one attached hydrogen (secondary N) is 2. The molecule has 3 rings (SSSR count). The predicted octanol–water partition coefficient (Wildman–Crippen LogP) is 1.46. The normalized spacial score (nSPS) is 13.0. The van der Waals surface area contributed by atoms with Crippen LogP contribution in [0.1, 0.15) is 12.7 Å². The van der Waals surface area contributed by atoms with E-state index in [0.29, 0.717) is 41.4 Å². The third-order valence-corrected chi connectivity index (χ3v) is 6.46. The lowest BCUT2D eigenvalue weighted by Crippen LogP contribution is -3.11. The first kappa shape index (κ1) is 19.5. The van der Waals surface area contributed by atoms with Crippen molar-refractivity contribution in [2.75, 3.05) is 18.8 Å². The molecular weight excluding hydrogens is 386 g/mol. The third kappa shape index (κ3) is 4.74. The van der Waals surface area contributed by atoms with Crippen molar-refractivity contribution >= 4 is 32.3 Å². The number of aromatic nitrogens is 2. The van der Waals surface area contributed by atoms with E-state index in [0.717, 1.165) is 4.90 Å². The molecule has 27 heavy (non-hydrogen) atoms. The van der Waals surface area contributed by atoms with E-state index < -0.39 is 9.84 Å². The Bertz CT molecular complexity index is 1100. The third-order valence-electron chi connectivity index (χ3n) is 4.48. The van der Waals surface area contributed by atoms with Gasteiger partial charge in [0.15, 0.2) is 15.7 Å². The first-order valence-electron chi connectivity index (χ1n) is 8.69. The summed E-state index contributed by atoms with van der Waals surface area (Å²) in [4.78, 5) is 20.8. The van der Waals surface area contributed by atoms with Crippen LogP contribution >= 0.6 is 11.6 Å². The minimum Gasteiger partial charge on any atom is -0.328 e. The van der Waals surface area contributed by atoms with Crippen molar-refractivity contribution in [2.24, 2.45) is 0 Å². The molecule has 1 heterocycles. The van der Waals surface area contributed by atoms with Gasteiger partial charge < -0.3 is 9.88 Å². The Morgan fingerprint density at radius 3 is 2.52 bits per heavy atom. The van der Waals surface area contributed by atoms with Gasteiger partial charge in [0, 0.05) is 5.02 Å². The van der Waals surface area contributed by atoms with Crippen molar-refractivity contribution in [3.05, 3.63) is 69.7 Å². The Kier molecular flexibility index (Phi) is 5.94. The van der Waals surface area contributed by atoms with Gasteiger partial charge >= 0.3 is 0 Å².